The molecule has 0 heterocycles. The lowest BCUT2D eigenvalue weighted by Gasteiger charge is -2.06. The molecule has 0 saturated heterocycles. The van der Waals surface area contributed by atoms with Crippen molar-refractivity contribution in [2.24, 2.45) is 0 Å². The molecule has 4 aromatic rings. The summed E-state index contributed by atoms with van der Waals surface area (Å²) in [5.41, 5.74) is -0.0117. The summed E-state index contributed by atoms with van der Waals surface area (Å²) in [6, 6.07) is 13.0. The first-order valence-corrected chi connectivity index (χ1v) is 11.7. The summed E-state index contributed by atoms with van der Waals surface area (Å²) >= 11 is 0. The molecule has 186 valence electrons. The van der Waals surface area contributed by atoms with E-state index >= 15 is 0 Å². The van der Waals surface area contributed by atoms with E-state index in [9.17, 15) is 22.0 Å². The third-order valence-corrected chi connectivity index (χ3v) is 5.55. The molecule has 0 aliphatic heterocycles. The summed E-state index contributed by atoms with van der Waals surface area (Å²) in [4.78, 5) is 0. The molecule has 0 aliphatic rings. The van der Waals surface area contributed by atoms with Crippen molar-refractivity contribution in [3.8, 4) is 29.4 Å². The standard InChI is InChI=1S/C31H21F5O/c1-2-3-4-13-37-25-11-10-22(27(32)19-25)8-6-21-15-28(33)26(29(34)16-21)12-7-20-5-9-23-17-30(35)31(36)18-24(23)14-20/h5,9-11,14-19H,2-4,13H2,1H3. The molecule has 0 spiro atoms. The molecule has 0 N–H and O–H groups in total. The molecule has 4 aromatic carbocycles. The number of halogens is 5. The van der Waals surface area contributed by atoms with E-state index < -0.39 is 34.6 Å². The zero-order valence-electron chi connectivity index (χ0n) is 19.9. The molecule has 4 rings (SSSR count). The average Bonchev–Trinajstić information content (AvgIpc) is 2.86. The van der Waals surface area contributed by atoms with Gasteiger partial charge in [-0.2, -0.15) is 0 Å². The Hall–Kier alpha value is -4.29. The quantitative estimate of drug-likeness (QED) is 0.153. The SMILES string of the molecule is CCCCCOc1ccc(C#Cc2cc(F)c(C#Cc3ccc4cc(F)c(F)cc4c3)c(F)c2)c(F)c1. The number of rotatable bonds is 5. The van der Waals surface area contributed by atoms with Gasteiger partial charge < -0.3 is 4.74 Å². The second kappa shape index (κ2) is 11.6. The van der Waals surface area contributed by atoms with Crippen molar-refractivity contribution in [2.45, 2.75) is 26.2 Å². The van der Waals surface area contributed by atoms with Gasteiger partial charge in [0.25, 0.3) is 0 Å². The highest BCUT2D eigenvalue weighted by Crippen LogP contribution is 2.21. The lowest BCUT2D eigenvalue weighted by atomic mass is 10.1. The Morgan fingerprint density at radius 3 is 2.00 bits per heavy atom. The van der Waals surface area contributed by atoms with Crippen molar-refractivity contribution in [2.75, 3.05) is 6.61 Å². The highest BCUT2D eigenvalue weighted by Gasteiger charge is 2.09. The summed E-state index contributed by atoms with van der Waals surface area (Å²) in [5, 5.41) is 0.871. The van der Waals surface area contributed by atoms with Gasteiger partial charge >= 0.3 is 0 Å². The van der Waals surface area contributed by atoms with Crippen LogP contribution >= 0.6 is 0 Å². The number of unbranched alkanes of at least 4 members (excludes halogenated alkanes) is 2. The Morgan fingerprint density at radius 1 is 0.595 bits per heavy atom. The Kier molecular flexibility index (Phi) is 8.11. The Morgan fingerprint density at radius 2 is 1.30 bits per heavy atom. The molecule has 6 heteroatoms. The minimum Gasteiger partial charge on any atom is -0.493 e. The van der Waals surface area contributed by atoms with Crippen LogP contribution in [0.2, 0.25) is 0 Å². The van der Waals surface area contributed by atoms with Crippen LogP contribution in [-0.2, 0) is 0 Å². The van der Waals surface area contributed by atoms with E-state index in [-0.39, 0.29) is 11.1 Å². The number of ether oxygens (including phenoxy) is 1. The van der Waals surface area contributed by atoms with Crippen molar-refractivity contribution in [1.82, 2.24) is 0 Å². The smallest absolute Gasteiger partial charge is 0.159 e. The maximum atomic E-state index is 14.6. The molecule has 0 unspecified atom stereocenters. The van der Waals surface area contributed by atoms with Crippen LogP contribution in [0.4, 0.5) is 22.0 Å². The van der Waals surface area contributed by atoms with Crippen molar-refractivity contribution in [3.63, 3.8) is 0 Å². The molecule has 0 aliphatic carbocycles. The molecule has 0 radical (unpaired) electrons. The Balaban J connectivity index is 1.52. The summed E-state index contributed by atoms with van der Waals surface area (Å²) in [7, 11) is 0. The van der Waals surface area contributed by atoms with Crippen molar-refractivity contribution in [3.05, 3.63) is 112 Å². The van der Waals surface area contributed by atoms with Crippen LogP contribution in [0.15, 0.2) is 60.7 Å². The third-order valence-electron chi connectivity index (χ3n) is 5.55. The maximum absolute atomic E-state index is 14.6. The van der Waals surface area contributed by atoms with Crippen LogP contribution in [0.25, 0.3) is 10.8 Å². The number of fused-ring (bicyclic) bond motifs is 1. The molecule has 37 heavy (non-hydrogen) atoms. The first-order valence-electron chi connectivity index (χ1n) is 11.7. The predicted octanol–water partition coefficient (Wildman–Crippen LogP) is 7.90. The summed E-state index contributed by atoms with van der Waals surface area (Å²) in [5.74, 6) is 6.20. The van der Waals surface area contributed by atoms with Crippen LogP contribution < -0.4 is 4.74 Å². The van der Waals surface area contributed by atoms with E-state index in [0.29, 0.717) is 28.7 Å². The lowest BCUT2D eigenvalue weighted by molar-refractivity contribution is 0.305. The molecule has 0 bridgehead atoms. The van der Waals surface area contributed by atoms with Gasteiger partial charge in [-0.05, 0) is 65.7 Å². The topological polar surface area (TPSA) is 9.23 Å². The van der Waals surface area contributed by atoms with Gasteiger partial charge in [-0.3, -0.25) is 0 Å². The highest BCUT2D eigenvalue weighted by molar-refractivity contribution is 5.84. The van der Waals surface area contributed by atoms with Crippen molar-refractivity contribution < 1.29 is 26.7 Å². The van der Waals surface area contributed by atoms with Gasteiger partial charge in [-0.25, -0.2) is 22.0 Å². The lowest BCUT2D eigenvalue weighted by Crippen LogP contribution is -1.98. The molecular formula is C31H21F5O. The summed E-state index contributed by atoms with van der Waals surface area (Å²) in [6.07, 6.45) is 2.95. The van der Waals surface area contributed by atoms with Crippen LogP contribution in [0.3, 0.4) is 0 Å². The van der Waals surface area contributed by atoms with Crippen LogP contribution in [0, 0.1) is 52.8 Å². The van der Waals surface area contributed by atoms with E-state index in [0.717, 1.165) is 43.5 Å². The minimum absolute atomic E-state index is 0.0167. The van der Waals surface area contributed by atoms with Gasteiger partial charge in [-0.1, -0.05) is 49.5 Å². The van der Waals surface area contributed by atoms with Gasteiger partial charge in [0.2, 0.25) is 0 Å². The highest BCUT2D eigenvalue weighted by atomic mass is 19.2. The van der Waals surface area contributed by atoms with Crippen molar-refractivity contribution >= 4 is 10.8 Å². The van der Waals surface area contributed by atoms with E-state index in [1.807, 2.05) is 0 Å². The third kappa shape index (κ3) is 6.48. The molecule has 0 fully saturated rings. The first kappa shape index (κ1) is 25.8. The van der Waals surface area contributed by atoms with E-state index in [2.05, 4.69) is 30.6 Å². The van der Waals surface area contributed by atoms with E-state index in [1.54, 1.807) is 12.1 Å². The average molecular weight is 504 g/mol. The summed E-state index contributed by atoms with van der Waals surface area (Å²) < 4.78 is 76.0. The number of hydrogen-bond acceptors (Lipinski definition) is 1. The van der Waals surface area contributed by atoms with Crippen molar-refractivity contribution in [1.29, 1.82) is 0 Å². The summed E-state index contributed by atoms with van der Waals surface area (Å²) in [6.45, 7) is 2.57. The largest absolute Gasteiger partial charge is 0.493 e. The van der Waals surface area contributed by atoms with Gasteiger partial charge in [0, 0.05) is 17.2 Å². The fourth-order valence-electron chi connectivity index (χ4n) is 3.59. The second-order valence-electron chi connectivity index (χ2n) is 8.34. The van der Waals surface area contributed by atoms with Gasteiger partial charge in [-0.15, -0.1) is 0 Å². The monoisotopic (exact) mass is 504 g/mol. The second-order valence-corrected chi connectivity index (χ2v) is 8.34. The van der Waals surface area contributed by atoms with E-state index in [1.165, 1.54) is 24.3 Å². The normalized spacial score (nSPS) is 10.4. The molecular weight excluding hydrogens is 483 g/mol. The Labute approximate surface area is 211 Å². The number of hydrogen-bond donors (Lipinski definition) is 0. The molecule has 0 aromatic heterocycles. The molecule has 0 saturated carbocycles. The molecule has 0 atom stereocenters. The zero-order valence-corrected chi connectivity index (χ0v) is 19.9. The maximum Gasteiger partial charge on any atom is 0.159 e. The number of benzene rings is 4. The molecule has 1 nitrogen and oxygen atoms in total. The zero-order chi connectivity index (χ0) is 26.4. The van der Waals surface area contributed by atoms with Crippen LogP contribution in [-0.4, -0.2) is 6.61 Å². The predicted molar refractivity (Wildman–Crippen MR) is 134 cm³/mol. The first-order chi connectivity index (χ1) is 17.8. The fraction of sp³-hybridized carbons (Fsp3) is 0.161. The van der Waals surface area contributed by atoms with Gasteiger partial charge in [0.1, 0.15) is 23.2 Å². The van der Waals surface area contributed by atoms with Crippen LogP contribution in [0.5, 0.6) is 5.75 Å². The minimum atomic E-state index is -1.00. The molecule has 0 amide bonds. The fourth-order valence-corrected chi connectivity index (χ4v) is 3.59. The van der Waals surface area contributed by atoms with Crippen LogP contribution in [0.1, 0.15) is 48.4 Å². The Bertz CT molecular complexity index is 1560. The van der Waals surface area contributed by atoms with Gasteiger partial charge in [0.05, 0.1) is 17.7 Å². The van der Waals surface area contributed by atoms with E-state index in [4.69, 9.17) is 4.74 Å². The van der Waals surface area contributed by atoms with Gasteiger partial charge in [0.15, 0.2) is 11.6 Å².